The number of hydrogen-bond donors (Lipinski definition) is 0. The van der Waals surface area contributed by atoms with Gasteiger partial charge in [-0.1, -0.05) is 94.1 Å². The maximum absolute atomic E-state index is 5.88. The van der Waals surface area contributed by atoms with E-state index >= 15 is 0 Å². The van der Waals surface area contributed by atoms with E-state index < -0.39 is 0 Å². The van der Waals surface area contributed by atoms with Gasteiger partial charge >= 0.3 is 0 Å². The molecule has 120 valence electrons. The van der Waals surface area contributed by atoms with E-state index in [1.807, 2.05) is 12.1 Å². The minimum atomic E-state index is 0.415. The van der Waals surface area contributed by atoms with Crippen LogP contribution in [0.2, 0.25) is 5.02 Å². The molecule has 0 spiro atoms. The number of rotatable bonds is 4. The van der Waals surface area contributed by atoms with Crippen LogP contribution in [0.5, 0.6) is 0 Å². The number of hydrogen-bond acceptors (Lipinski definition) is 0. The Bertz CT molecular complexity index is 475. The average molecular weight is 317 g/mol. The van der Waals surface area contributed by atoms with Crippen molar-refractivity contribution >= 4 is 11.6 Å². The van der Waals surface area contributed by atoms with Crippen molar-refractivity contribution in [2.45, 2.75) is 53.4 Å². The fourth-order valence-electron chi connectivity index (χ4n) is 2.09. The van der Waals surface area contributed by atoms with Gasteiger partial charge in [0.25, 0.3) is 0 Å². The highest BCUT2D eigenvalue weighted by Crippen LogP contribution is 2.25. The molecule has 2 aromatic rings. The molecule has 0 aromatic heterocycles. The van der Waals surface area contributed by atoms with Crippen LogP contribution in [0.4, 0.5) is 0 Å². The summed E-state index contributed by atoms with van der Waals surface area (Å²) in [5.74, 6) is 1.35. The highest BCUT2D eigenvalue weighted by molar-refractivity contribution is 6.30. The highest BCUT2D eigenvalue weighted by Gasteiger charge is 2.07. The first-order valence-electron chi connectivity index (χ1n) is 8.29. The van der Waals surface area contributed by atoms with Gasteiger partial charge in [-0.05, 0) is 36.1 Å². The number of aryl methyl sites for hydroxylation is 1. The third-order valence-electron chi connectivity index (χ3n) is 4.34. The zero-order valence-corrected chi connectivity index (χ0v) is 15.3. The third kappa shape index (κ3) is 6.23. The molecule has 0 amide bonds. The molecular weight excluding hydrogens is 288 g/mol. The van der Waals surface area contributed by atoms with Crippen molar-refractivity contribution < 1.29 is 0 Å². The van der Waals surface area contributed by atoms with E-state index in [1.54, 1.807) is 0 Å². The smallest absolute Gasteiger partial charge is 0.0406 e. The lowest BCUT2D eigenvalue weighted by Crippen LogP contribution is -1.95. The van der Waals surface area contributed by atoms with E-state index in [-0.39, 0.29) is 0 Å². The van der Waals surface area contributed by atoms with Gasteiger partial charge in [-0.15, -0.1) is 0 Å². The van der Waals surface area contributed by atoms with Gasteiger partial charge in [-0.25, -0.2) is 0 Å². The largest absolute Gasteiger partial charge is 0.0843 e. The minimum absolute atomic E-state index is 0.415. The van der Waals surface area contributed by atoms with Crippen LogP contribution in [0.25, 0.3) is 0 Å². The SMILES string of the molecule is CCC(C)CC.Cc1ccc(C(C)c2ccc(Cl)cc2)cc1. The first-order chi connectivity index (χ1) is 10.5. The van der Waals surface area contributed by atoms with E-state index in [9.17, 15) is 0 Å². The monoisotopic (exact) mass is 316 g/mol. The quantitative estimate of drug-likeness (QED) is 0.557. The van der Waals surface area contributed by atoms with Gasteiger partial charge in [-0.2, -0.15) is 0 Å². The Morgan fingerprint density at radius 1 is 0.773 bits per heavy atom. The Hall–Kier alpha value is -1.27. The van der Waals surface area contributed by atoms with Crippen LogP contribution >= 0.6 is 11.6 Å². The summed E-state index contributed by atoms with van der Waals surface area (Å²) in [5.41, 5.74) is 3.94. The first kappa shape index (κ1) is 18.8. The zero-order chi connectivity index (χ0) is 16.5. The van der Waals surface area contributed by atoms with Gasteiger partial charge in [0, 0.05) is 10.9 Å². The van der Waals surface area contributed by atoms with E-state index in [1.165, 1.54) is 29.5 Å². The molecule has 1 heteroatoms. The second-order valence-electron chi connectivity index (χ2n) is 6.11. The number of halogens is 1. The second-order valence-corrected chi connectivity index (χ2v) is 6.54. The molecule has 0 aliphatic heterocycles. The maximum atomic E-state index is 5.88. The van der Waals surface area contributed by atoms with Gasteiger partial charge in [-0.3, -0.25) is 0 Å². The fraction of sp³-hybridized carbons (Fsp3) is 0.429. The Kier molecular flexibility index (Phi) is 8.27. The topological polar surface area (TPSA) is 0 Å². The van der Waals surface area contributed by atoms with Crippen LogP contribution in [-0.2, 0) is 0 Å². The van der Waals surface area contributed by atoms with Gasteiger partial charge in [0.2, 0.25) is 0 Å². The molecular formula is C21H29Cl. The lowest BCUT2D eigenvalue weighted by atomic mass is 9.93. The zero-order valence-electron chi connectivity index (χ0n) is 14.6. The molecule has 22 heavy (non-hydrogen) atoms. The van der Waals surface area contributed by atoms with Crippen molar-refractivity contribution in [2.24, 2.45) is 5.92 Å². The molecule has 0 saturated heterocycles. The van der Waals surface area contributed by atoms with Gasteiger partial charge in [0.15, 0.2) is 0 Å². The Labute approximate surface area is 141 Å². The summed E-state index contributed by atoms with van der Waals surface area (Å²) in [7, 11) is 0. The summed E-state index contributed by atoms with van der Waals surface area (Å²) >= 11 is 5.88. The fourth-order valence-corrected chi connectivity index (χ4v) is 2.21. The van der Waals surface area contributed by atoms with Crippen molar-refractivity contribution in [1.82, 2.24) is 0 Å². The molecule has 0 radical (unpaired) electrons. The lowest BCUT2D eigenvalue weighted by Gasteiger charge is -2.12. The third-order valence-corrected chi connectivity index (χ3v) is 4.59. The van der Waals surface area contributed by atoms with Crippen LogP contribution in [0.3, 0.4) is 0 Å². The van der Waals surface area contributed by atoms with Crippen LogP contribution in [0.1, 0.15) is 63.1 Å². The molecule has 1 atom stereocenters. The predicted molar refractivity (Wildman–Crippen MR) is 99.9 cm³/mol. The van der Waals surface area contributed by atoms with Crippen molar-refractivity contribution in [3.8, 4) is 0 Å². The van der Waals surface area contributed by atoms with E-state index in [4.69, 9.17) is 11.6 Å². The standard InChI is InChI=1S/C15H15Cl.C6H14/c1-11-3-5-13(6-4-11)12(2)14-7-9-15(16)10-8-14;1-4-6(3)5-2/h3-10,12H,1-2H3;6H,4-5H2,1-3H3. The van der Waals surface area contributed by atoms with Crippen LogP contribution in [0.15, 0.2) is 48.5 Å². The first-order valence-corrected chi connectivity index (χ1v) is 8.67. The van der Waals surface area contributed by atoms with Crippen molar-refractivity contribution in [3.63, 3.8) is 0 Å². The molecule has 0 saturated carbocycles. The summed E-state index contributed by atoms with van der Waals surface area (Å²) in [6.07, 6.45) is 2.66. The minimum Gasteiger partial charge on any atom is -0.0843 e. The lowest BCUT2D eigenvalue weighted by molar-refractivity contribution is 0.544. The Morgan fingerprint density at radius 2 is 1.18 bits per heavy atom. The molecule has 0 aliphatic carbocycles. The Balaban J connectivity index is 0.000000346. The van der Waals surface area contributed by atoms with E-state index in [2.05, 4.69) is 71.0 Å². The second kappa shape index (κ2) is 9.69. The van der Waals surface area contributed by atoms with Crippen LogP contribution < -0.4 is 0 Å². The average Bonchev–Trinajstić information content (AvgIpc) is 2.55. The van der Waals surface area contributed by atoms with Gasteiger partial charge < -0.3 is 0 Å². The molecule has 0 nitrogen and oxygen atoms in total. The van der Waals surface area contributed by atoms with Crippen LogP contribution in [0, 0.1) is 12.8 Å². The molecule has 0 bridgehead atoms. The van der Waals surface area contributed by atoms with Gasteiger partial charge in [0.1, 0.15) is 0 Å². The molecule has 2 rings (SSSR count). The molecule has 0 aliphatic rings. The molecule has 2 aromatic carbocycles. The predicted octanol–water partition coefficient (Wildman–Crippen LogP) is 7.24. The van der Waals surface area contributed by atoms with Crippen molar-refractivity contribution in [3.05, 3.63) is 70.2 Å². The van der Waals surface area contributed by atoms with E-state index in [0.29, 0.717) is 5.92 Å². The molecule has 1 unspecified atom stereocenters. The molecule has 0 fully saturated rings. The van der Waals surface area contributed by atoms with Crippen LogP contribution in [-0.4, -0.2) is 0 Å². The molecule has 0 heterocycles. The Morgan fingerprint density at radius 3 is 1.55 bits per heavy atom. The summed E-state index contributed by atoms with van der Waals surface area (Å²) in [4.78, 5) is 0. The molecule has 0 N–H and O–H groups in total. The normalized spacial score (nSPS) is 11.8. The summed E-state index contributed by atoms with van der Waals surface area (Å²) in [6, 6.07) is 16.8. The number of benzene rings is 2. The maximum Gasteiger partial charge on any atom is 0.0406 e. The van der Waals surface area contributed by atoms with Crippen molar-refractivity contribution in [1.29, 1.82) is 0 Å². The summed E-state index contributed by atoms with van der Waals surface area (Å²) in [5, 5.41) is 0.792. The summed E-state index contributed by atoms with van der Waals surface area (Å²) < 4.78 is 0. The van der Waals surface area contributed by atoms with E-state index in [0.717, 1.165) is 10.9 Å². The summed E-state index contributed by atoms with van der Waals surface area (Å²) in [6.45, 7) is 11.1. The highest BCUT2D eigenvalue weighted by atomic mass is 35.5. The van der Waals surface area contributed by atoms with Crippen molar-refractivity contribution in [2.75, 3.05) is 0 Å². The van der Waals surface area contributed by atoms with Gasteiger partial charge in [0.05, 0.1) is 0 Å².